The van der Waals surface area contributed by atoms with Crippen molar-refractivity contribution < 1.29 is 4.79 Å². The van der Waals surface area contributed by atoms with Gasteiger partial charge in [-0.1, -0.05) is 34.1 Å². The van der Waals surface area contributed by atoms with Crippen molar-refractivity contribution in [3.63, 3.8) is 0 Å². The molecule has 3 aromatic rings. The van der Waals surface area contributed by atoms with Crippen LogP contribution in [0.4, 0.5) is 0 Å². The van der Waals surface area contributed by atoms with Crippen LogP contribution in [-0.2, 0) is 13.0 Å². The number of amides is 1. The molecule has 5 nitrogen and oxygen atoms in total. The molecular formula is C31H46N4OS. The fraction of sp³-hybridized carbons (Fsp3) is 0.613. The maximum atomic E-state index is 13.7. The summed E-state index contributed by atoms with van der Waals surface area (Å²) in [6.07, 6.45) is 8.03. The normalized spacial score (nSPS) is 14.8. The molecule has 1 fully saturated rings. The van der Waals surface area contributed by atoms with Crippen LogP contribution in [-0.4, -0.2) is 58.0 Å². The molecule has 2 aromatic heterocycles. The van der Waals surface area contributed by atoms with Crippen LogP contribution in [0.25, 0.3) is 11.0 Å². The lowest BCUT2D eigenvalue weighted by Crippen LogP contribution is -2.34. The van der Waals surface area contributed by atoms with Crippen molar-refractivity contribution in [1.29, 1.82) is 0 Å². The Hall–Kier alpha value is -2.18. The molecule has 0 saturated carbocycles. The molecule has 202 valence electrons. The number of thiophene rings is 1. The zero-order chi connectivity index (χ0) is 26.2. The van der Waals surface area contributed by atoms with Gasteiger partial charge in [0.1, 0.15) is 5.82 Å². The Morgan fingerprint density at radius 2 is 1.73 bits per heavy atom. The topological polar surface area (TPSA) is 41.4 Å². The van der Waals surface area contributed by atoms with Crippen molar-refractivity contribution in [3.05, 3.63) is 52.0 Å². The summed E-state index contributed by atoms with van der Waals surface area (Å²) in [5.74, 6) is 2.42. The van der Waals surface area contributed by atoms with Crippen molar-refractivity contribution in [3.8, 4) is 0 Å². The summed E-state index contributed by atoms with van der Waals surface area (Å²) < 4.78 is 2.39. The van der Waals surface area contributed by atoms with E-state index >= 15 is 0 Å². The van der Waals surface area contributed by atoms with Crippen LogP contribution in [0.3, 0.4) is 0 Å². The van der Waals surface area contributed by atoms with Crippen LogP contribution >= 0.6 is 11.3 Å². The van der Waals surface area contributed by atoms with Gasteiger partial charge in [-0.2, -0.15) is 11.3 Å². The number of carbonyl (C=O) groups is 1. The number of aromatic nitrogens is 2. The fourth-order valence-corrected chi connectivity index (χ4v) is 5.90. The number of likely N-dealkylation sites (tertiary alicyclic amines) is 1. The molecule has 37 heavy (non-hydrogen) atoms. The number of nitrogens with zero attached hydrogens (tertiary/aromatic N) is 4. The van der Waals surface area contributed by atoms with Gasteiger partial charge in [0.25, 0.3) is 5.91 Å². The lowest BCUT2D eigenvalue weighted by molar-refractivity contribution is 0.0741. The summed E-state index contributed by atoms with van der Waals surface area (Å²) >= 11 is 1.74. The second-order valence-electron chi connectivity index (χ2n) is 11.6. The molecule has 0 atom stereocenters. The Labute approximate surface area is 227 Å². The highest BCUT2D eigenvalue weighted by Gasteiger charge is 2.20. The Morgan fingerprint density at radius 1 is 1.00 bits per heavy atom. The molecule has 0 bridgehead atoms. The van der Waals surface area contributed by atoms with Gasteiger partial charge in [-0.15, -0.1) is 0 Å². The molecule has 0 radical (unpaired) electrons. The van der Waals surface area contributed by atoms with Crippen LogP contribution in [0.5, 0.6) is 0 Å². The molecule has 1 aliphatic rings. The largest absolute Gasteiger partial charge is 0.339 e. The smallest absolute Gasteiger partial charge is 0.253 e. The fourth-order valence-electron chi connectivity index (χ4n) is 5.23. The molecule has 4 rings (SSSR count). The molecular weight excluding hydrogens is 476 g/mol. The number of hydrogen-bond donors (Lipinski definition) is 0. The number of piperidine rings is 1. The van der Waals surface area contributed by atoms with E-state index in [2.05, 4.69) is 71.0 Å². The molecule has 3 heterocycles. The van der Waals surface area contributed by atoms with Gasteiger partial charge in [-0.3, -0.25) is 4.79 Å². The van der Waals surface area contributed by atoms with Gasteiger partial charge in [-0.25, -0.2) is 4.98 Å². The average molecular weight is 523 g/mol. The first-order valence-corrected chi connectivity index (χ1v) is 15.4. The second-order valence-corrected chi connectivity index (χ2v) is 12.4. The van der Waals surface area contributed by atoms with Gasteiger partial charge >= 0.3 is 0 Å². The highest BCUT2D eigenvalue weighted by atomic mass is 32.1. The lowest BCUT2D eigenvalue weighted by Gasteiger charge is -2.26. The third kappa shape index (κ3) is 7.90. The van der Waals surface area contributed by atoms with Gasteiger partial charge in [-0.05, 0) is 104 Å². The molecule has 0 aliphatic carbocycles. The van der Waals surface area contributed by atoms with E-state index in [-0.39, 0.29) is 5.91 Å². The van der Waals surface area contributed by atoms with Gasteiger partial charge in [0.2, 0.25) is 0 Å². The SMILES string of the molecule is CC(C)CCN(CCC(C)C)C(=O)c1ccc2nc(Cc3ccsc3)n(CCCN3CCCCC3)c2c1. The third-order valence-corrected chi connectivity index (χ3v) is 8.29. The summed E-state index contributed by atoms with van der Waals surface area (Å²) in [5.41, 5.74) is 4.19. The minimum Gasteiger partial charge on any atom is -0.339 e. The van der Waals surface area contributed by atoms with E-state index in [4.69, 9.17) is 4.98 Å². The summed E-state index contributed by atoms with van der Waals surface area (Å²) in [4.78, 5) is 23.4. The molecule has 0 unspecified atom stereocenters. The minimum absolute atomic E-state index is 0.156. The average Bonchev–Trinajstić information content (AvgIpc) is 3.52. The molecule has 6 heteroatoms. The van der Waals surface area contributed by atoms with Crippen LogP contribution in [0, 0.1) is 11.8 Å². The Morgan fingerprint density at radius 3 is 2.38 bits per heavy atom. The lowest BCUT2D eigenvalue weighted by atomic mass is 10.1. The number of benzene rings is 1. The standard InChI is InChI=1S/C31H46N4OS/c1-24(2)11-18-34(19-12-25(3)4)31(36)27-9-10-28-29(22-27)35(17-8-16-33-14-6-5-7-15-33)30(32-28)21-26-13-20-37-23-26/h9-10,13,20,22-25H,5-8,11-12,14-19,21H2,1-4H3. The van der Waals surface area contributed by atoms with Crippen LogP contribution in [0.1, 0.15) is 88.0 Å². The highest BCUT2D eigenvalue weighted by molar-refractivity contribution is 7.07. The van der Waals surface area contributed by atoms with Gasteiger partial charge < -0.3 is 14.4 Å². The number of aryl methyl sites for hydroxylation is 1. The maximum absolute atomic E-state index is 13.7. The summed E-state index contributed by atoms with van der Waals surface area (Å²) in [6.45, 7) is 15.1. The highest BCUT2D eigenvalue weighted by Crippen LogP contribution is 2.23. The van der Waals surface area contributed by atoms with E-state index in [1.807, 2.05) is 6.07 Å². The maximum Gasteiger partial charge on any atom is 0.253 e. The van der Waals surface area contributed by atoms with Crippen LogP contribution in [0.2, 0.25) is 0 Å². The van der Waals surface area contributed by atoms with E-state index in [9.17, 15) is 4.79 Å². The first kappa shape index (κ1) is 27.8. The van der Waals surface area contributed by atoms with Gasteiger partial charge in [0, 0.05) is 31.6 Å². The third-order valence-electron chi connectivity index (χ3n) is 7.56. The van der Waals surface area contributed by atoms with E-state index in [0.29, 0.717) is 11.8 Å². The first-order valence-electron chi connectivity index (χ1n) is 14.4. The predicted octanol–water partition coefficient (Wildman–Crippen LogP) is 7.10. The van der Waals surface area contributed by atoms with Crippen molar-refractivity contribution in [1.82, 2.24) is 19.4 Å². The number of imidazole rings is 1. The molecule has 1 saturated heterocycles. The predicted molar refractivity (Wildman–Crippen MR) is 157 cm³/mol. The molecule has 1 aromatic carbocycles. The number of hydrogen-bond acceptors (Lipinski definition) is 4. The summed E-state index contributed by atoms with van der Waals surface area (Å²) in [6, 6.07) is 8.35. The van der Waals surface area contributed by atoms with E-state index < -0.39 is 0 Å². The summed E-state index contributed by atoms with van der Waals surface area (Å²) in [5, 5.41) is 4.35. The zero-order valence-electron chi connectivity index (χ0n) is 23.4. The molecule has 0 N–H and O–H groups in total. The van der Waals surface area contributed by atoms with Crippen molar-refractivity contribution in [2.75, 3.05) is 32.7 Å². The van der Waals surface area contributed by atoms with Crippen molar-refractivity contribution in [2.24, 2.45) is 11.8 Å². The minimum atomic E-state index is 0.156. The van der Waals surface area contributed by atoms with Crippen molar-refractivity contribution in [2.45, 2.75) is 79.2 Å². The molecule has 1 amide bonds. The summed E-state index contributed by atoms with van der Waals surface area (Å²) in [7, 11) is 0. The number of fused-ring (bicyclic) bond motifs is 1. The van der Waals surface area contributed by atoms with E-state index in [1.54, 1.807) is 11.3 Å². The van der Waals surface area contributed by atoms with Crippen LogP contribution in [0.15, 0.2) is 35.0 Å². The van der Waals surface area contributed by atoms with Gasteiger partial charge in [0.15, 0.2) is 0 Å². The van der Waals surface area contributed by atoms with Gasteiger partial charge in [0.05, 0.1) is 11.0 Å². The Bertz CT molecular complexity index is 1100. The Kier molecular flexibility index (Phi) is 10.2. The number of rotatable bonds is 13. The zero-order valence-corrected chi connectivity index (χ0v) is 24.2. The Balaban J connectivity index is 1.58. The van der Waals surface area contributed by atoms with E-state index in [1.165, 1.54) is 37.9 Å². The van der Waals surface area contributed by atoms with Crippen molar-refractivity contribution >= 4 is 28.3 Å². The number of carbonyl (C=O) groups excluding carboxylic acids is 1. The molecule has 1 aliphatic heterocycles. The first-order chi connectivity index (χ1) is 17.9. The van der Waals surface area contributed by atoms with Crippen LogP contribution < -0.4 is 0 Å². The monoisotopic (exact) mass is 522 g/mol. The molecule has 0 spiro atoms. The quantitative estimate of drug-likeness (QED) is 0.240. The second kappa shape index (κ2) is 13.6. The van der Waals surface area contributed by atoms with E-state index in [0.717, 1.165) is 74.3 Å².